The Labute approximate surface area is 197 Å². The summed E-state index contributed by atoms with van der Waals surface area (Å²) in [4.78, 5) is 9.17. The fourth-order valence-corrected chi connectivity index (χ4v) is 5.17. The highest BCUT2D eigenvalue weighted by atomic mass is 79.9. The number of pyridine rings is 2. The van der Waals surface area contributed by atoms with E-state index in [-0.39, 0.29) is 0 Å². The molecule has 33 heavy (non-hydrogen) atoms. The normalized spacial score (nSPS) is 11.8. The largest absolute Gasteiger partial charge is 0.309 e. The maximum Gasteiger partial charge on any atom is 0.145 e. The summed E-state index contributed by atoms with van der Waals surface area (Å²) >= 11 is 3.44. The molecule has 4 nitrogen and oxygen atoms in total. The van der Waals surface area contributed by atoms with Crippen LogP contribution >= 0.6 is 15.9 Å². The van der Waals surface area contributed by atoms with Crippen LogP contribution in [0.1, 0.15) is 0 Å². The zero-order valence-electron chi connectivity index (χ0n) is 17.5. The second-order valence-electron chi connectivity index (χ2n) is 8.12. The van der Waals surface area contributed by atoms with Gasteiger partial charge in [-0.2, -0.15) is 0 Å². The Hall–Kier alpha value is -3.96. The Balaban J connectivity index is 1.57. The highest BCUT2D eigenvalue weighted by molar-refractivity contribution is 9.10. The van der Waals surface area contributed by atoms with Crippen molar-refractivity contribution in [3.8, 4) is 11.4 Å². The fraction of sp³-hybridized carbons (Fsp3) is 0. The number of aromatic nitrogens is 4. The van der Waals surface area contributed by atoms with Crippen LogP contribution in [-0.2, 0) is 0 Å². The van der Waals surface area contributed by atoms with E-state index in [1.807, 2.05) is 24.5 Å². The van der Waals surface area contributed by atoms with Gasteiger partial charge in [0, 0.05) is 33.4 Å². The number of hydrogen-bond donors (Lipinski definition) is 0. The van der Waals surface area contributed by atoms with Gasteiger partial charge in [0.15, 0.2) is 0 Å². The lowest BCUT2D eigenvalue weighted by Gasteiger charge is -2.10. The summed E-state index contributed by atoms with van der Waals surface area (Å²) < 4.78 is 5.35. The number of halogens is 1. The van der Waals surface area contributed by atoms with Crippen LogP contribution in [0.3, 0.4) is 0 Å². The van der Waals surface area contributed by atoms with Crippen molar-refractivity contribution in [2.45, 2.75) is 0 Å². The predicted molar refractivity (Wildman–Crippen MR) is 138 cm³/mol. The van der Waals surface area contributed by atoms with Gasteiger partial charge in [0.05, 0.1) is 28.4 Å². The first-order chi connectivity index (χ1) is 16.3. The maximum absolute atomic E-state index is 4.73. The maximum atomic E-state index is 4.73. The van der Waals surface area contributed by atoms with Crippen molar-refractivity contribution in [1.82, 2.24) is 19.1 Å². The molecule has 5 heteroatoms. The lowest BCUT2D eigenvalue weighted by atomic mass is 10.1. The zero-order valence-corrected chi connectivity index (χ0v) is 19.1. The van der Waals surface area contributed by atoms with E-state index in [1.165, 1.54) is 27.2 Å². The van der Waals surface area contributed by atoms with Crippen LogP contribution < -0.4 is 0 Å². The molecule has 0 spiro atoms. The van der Waals surface area contributed by atoms with Gasteiger partial charge in [0.25, 0.3) is 0 Å². The lowest BCUT2D eigenvalue weighted by Crippen LogP contribution is -1.97. The highest BCUT2D eigenvalue weighted by Crippen LogP contribution is 2.36. The molecular formula is C28H17BrN4. The summed E-state index contributed by atoms with van der Waals surface area (Å²) in [5.74, 6) is 0. The van der Waals surface area contributed by atoms with Crippen LogP contribution in [0, 0.1) is 0 Å². The van der Waals surface area contributed by atoms with Gasteiger partial charge in [0.1, 0.15) is 10.3 Å². The van der Waals surface area contributed by atoms with E-state index in [0.29, 0.717) is 0 Å². The Bertz CT molecular complexity index is 1770. The van der Waals surface area contributed by atoms with Crippen molar-refractivity contribution in [3.05, 3.63) is 108 Å². The first-order valence-corrected chi connectivity index (χ1v) is 11.6. The molecule has 3 aromatic carbocycles. The fourth-order valence-electron chi connectivity index (χ4n) is 4.94. The van der Waals surface area contributed by atoms with Gasteiger partial charge in [-0.1, -0.05) is 36.4 Å². The molecule has 0 aliphatic heterocycles. The standard InChI is InChI=1S/C28H17BrN4/c29-27-14-12-19(17-31-27)33-26-13-11-18(16-23(26)22-8-5-15-30-28(22)33)32-24-9-3-1-6-20(24)21-7-2-4-10-25(21)32/h1-17H. The Morgan fingerprint density at radius 2 is 1.21 bits per heavy atom. The molecule has 4 aromatic heterocycles. The monoisotopic (exact) mass is 488 g/mol. The third kappa shape index (κ3) is 2.69. The topological polar surface area (TPSA) is 35.6 Å². The lowest BCUT2D eigenvalue weighted by molar-refractivity contribution is 1.10. The Kier molecular flexibility index (Phi) is 3.96. The molecule has 7 aromatic rings. The summed E-state index contributed by atoms with van der Waals surface area (Å²) in [6.07, 6.45) is 3.72. The molecule has 0 radical (unpaired) electrons. The molecule has 0 saturated carbocycles. The molecule has 0 aliphatic rings. The average Bonchev–Trinajstić information content (AvgIpc) is 3.37. The van der Waals surface area contributed by atoms with Gasteiger partial charge in [-0.05, 0) is 70.5 Å². The minimum Gasteiger partial charge on any atom is -0.309 e. The van der Waals surface area contributed by atoms with Crippen LogP contribution in [-0.4, -0.2) is 19.1 Å². The summed E-state index contributed by atoms with van der Waals surface area (Å²) in [6, 6.07) is 32.0. The molecule has 0 aliphatic carbocycles. The van der Waals surface area contributed by atoms with Crippen LogP contribution in [0.4, 0.5) is 0 Å². The van der Waals surface area contributed by atoms with E-state index in [4.69, 9.17) is 4.98 Å². The highest BCUT2D eigenvalue weighted by Gasteiger charge is 2.16. The predicted octanol–water partition coefficient (Wildman–Crippen LogP) is 7.43. The van der Waals surface area contributed by atoms with Gasteiger partial charge in [-0.3, -0.25) is 4.57 Å². The van der Waals surface area contributed by atoms with Gasteiger partial charge in [0.2, 0.25) is 0 Å². The summed E-state index contributed by atoms with van der Waals surface area (Å²) in [7, 11) is 0. The van der Waals surface area contributed by atoms with Crippen molar-refractivity contribution in [1.29, 1.82) is 0 Å². The number of para-hydroxylation sites is 2. The van der Waals surface area contributed by atoms with Crippen molar-refractivity contribution in [2.24, 2.45) is 0 Å². The van der Waals surface area contributed by atoms with Crippen LogP contribution in [0.25, 0.3) is 55.1 Å². The molecular weight excluding hydrogens is 472 g/mol. The van der Waals surface area contributed by atoms with Crippen LogP contribution in [0.15, 0.2) is 108 Å². The van der Waals surface area contributed by atoms with E-state index in [9.17, 15) is 0 Å². The number of fused-ring (bicyclic) bond motifs is 6. The van der Waals surface area contributed by atoms with E-state index >= 15 is 0 Å². The molecule has 0 amide bonds. The molecule has 7 rings (SSSR count). The summed E-state index contributed by atoms with van der Waals surface area (Å²) in [6.45, 7) is 0. The van der Waals surface area contributed by atoms with E-state index in [1.54, 1.807) is 0 Å². The first-order valence-electron chi connectivity index (χ1n) is 10.8. The molecule has 156 valence electrons. The molecule has 0 atom stereocenters. The van der Waals surface area contributed by atoms with Gasteiger partial charge >= 0.3 is 0 Å². The zero-order chi connectivity index (χ0) is 21.9. The number of hydrogen-bond acceptors (Lipinski definition) is 2. The first kappa shape index (κ1) is 18.6. The summed E-state index contributed by atoms with van der Waals surface area (Å²) in [5, 5.41) is 4.81. The molecule has 0 unspecified atom stereocenters. The van der Waals surface area contributed by atoms with Gasteiger partial charge in [-0.15, -0.1) is 0 Å². The Morgan fingerprint density at radius 1 is 0.545 bits per heavy atom. The van der Waals surface area contributed by atoms with E-state index in [2.05, 4.69) is 109 Å². The third-order valence-electron chi connectivity index (χ3n) is 6.32. The van der Waals surface area contributed by atoms with E-state index < -0.39 is 0 Å². The quantitative estimate of drug-likeness (QED) is 0.237. The van der Waals surface area contributed by atoms with Crippen molar-refractivity contribution in [3.63, 3.8) is 0 Å². The smallest absolute Gasteiger partial charge is 0.145 e. The minimum atomic E-state index is 0.814. The molecule has 4 heterocycles. The van der Waals surface area contributed by atoms with Crippen molar-refractivity contribution >= 4 is 59.7 Å². The summed E-state index contributed by atoms with van der Waals surface area (Å²) in [5.41, 5.74) is 6.57. The SMILES string of the molecule is Brc1ccc(-n2c3ccc(-n4c5ccccc5c5ccccc54)cc3c3cccnc32)cn1. The third-order valence-corrected chi connectivity index (χ3v) is 6.79. The number of benzene rings is 3. The minimum absolute atomic E-state index is 0.814. The number of nitrogens with zero attached hydrogens (tertiary/aromatic N) is 4. The second kappa shape index (κ2) is 7.02. The van der Waals surface area contributed by atoms with Gasteiger partial charge < -0.3 is 4.57 Å². The van der Waals surface area contributed by atoms with Crippen LogP contribution in [0.5, 0.6) is 0 Å². The van der Waals surface area contributed by atoms with Crippen molar-refractivity contribution < 1.29 is 0 Å². The molecule has 0 saturated heterocycles. The molecule has 0 fully saturated rings. The van der Waals surface area contributed by atoms with E-state index in [0.717, 1.165) is 32.5 Å². The Morgan fingerprint density at radius 3 is 1.94 bits per heavy atom. The van der Waals surface area contributed by atoms with Crippen LogP contribution in [0.2, 0.25) is 0 Å². The second-order valence-corrected chi connectivity index (χ2v) is 8.93. The van der Waals surface area contributed by atoms with Gasteiger partial charge in [-0.25, -0.2) is 9.97 Å². The molecule has 0 bridgehead atoms. The average molecular weight is 489 g/mol. The van der Waals surface area contributed by atoms with Crippen molar-refractivity contribution in [2.75, 3.05) is 0 Å². The number of rotatable bonds is 2. The molecule has 0 N–H and O–H groups in total.